The summed E-state index contributed by atoms with van der Waals surface area (Å²) in [6, 6.07) is 30.8. The molecular formula is C31H27Cl3N2O2. The van der Waals surface area contributed by atoms with E-state index in [0.29, 0.717) is 21.5 Å². The molecule has 4 nitrogen and oxygen atoms in total. The number of carbonyl (C=O) groups excluding carboxylic acids is 2. The molecule has 4 aromatic carbocycles. The molecule has 1 N–H and O–H groups in total. The van der Waals surface area contributed by atoms with E-state index in [2.05, 4.69) is 5.32 Å². The monoisotopic (exact) mass is 564 g/mol. The van der Waals surface area contributed by atoms with Crippen molar-refractivity contribution >= 4 is 46.6 Å². The van der Waals surface area contributed by atoms with E-state index in [4.69, 9.17) is 34.8 Å². The smallest absolute Gasteiger partial charge is 0.243 e. The number of hydrogen-bond donors (Lipinski definition) is 1. The summed E-state index contributed by atoms with van der Waals surface area (Å²) in [6.45, 7) is 0.505. The first-order valence-corrected chi connectivity index (χ1v) is 13.4. The number of nitrogens with one attached hydrogen (secondary N) is 1. The molecule has 4 aromatic rings. The van der Waals surface area contributed by atoms with E-state index < -0.39 is 6.04 Å². The molecule has 0 spiro atoms. The molecule has 0 aliphatic heterocycles. The quantitative estimate of drug-likeness (QED) is 0.222. The van der Waals surface area contributed by atoms with Crippen LogP contribution in [0.1, 0.15) is 22.3 Å². The van der Waals surface area contributed by atoms with Crippen molar-refractivity contribution in [3.63, 3.8) is 0 Å². The fraction of sp³-hybridized carbons (Fsp3) is 0.161. The van der Waals surface area contributed by atoms with Gasteiger partial charge in [-0.25, -0.2) is 0 Å². The summed E-state index contributed by atoms with van der Waals surface area (Å²) < 4.78 is 0. The minimum Gasteiger partial charge on any atom is -0.350 e. The maximum Gasteiger partial charge on any atom is 0.243 e. The topological polar surface area (TPSA) is 49.4 Å². The first kappa shape index (κ1) is 27.7. The lowest BCUT2D eigenvalue weighted by Gasteiger charge is -2.32. The Hall–Kier alpha value is -3.31. The molecule has 1 atom stereocenters. The molecule has 0 unspecified atom stereocenters. The zero-order chi connectivity index (χ0) is 26.9. The standard InChI is InChI=1S/C31H27Cl3N2O2/c32-26-14-10-23(11-15-26)19-30(37)36(21-24-12-16-27(33)17-13-24)29(18-22-6-2-1-3-7-22)31(38)35-20-25-8-4-5-9-28(25)34/h1-17,29H,18-21H2,(H,35,38)/t29-/m0/s1. The third kappa shape index (κ3) is 7.84. The van der Waals surface area contributed by atoms with Gasteiger partial charge in [0.2, 0.25) is 11.8 Å². The van der Waals surface area contributed by atoms with Gasteiger partial charge in [0.05, 0.1) is 6.42 Å². The van der Waals surface area contributed by atoms with E-state index >= 15 is 0 Å². The molecule has 0 aliphatic rings. The number of benzene rings is 4. The zero-order valence-corrected chi connectivity index (χ0v) is 22.9. The molecule has 0 heterocycles. The molecule has 0 aromatic heterocycles. The Balaban J connectivity index is 1.65. The van der Waals surface area contributed by atoms with Gasteiger partial charge < -0.3 is 10.2 Å². The van der Waals surface area contributed by atoms with E-state index in [1.54, 1.807) is 35.2 Å². The summed E-state index contributed by atoms with van der Waals surface area (Å²) in [7, 11) is 0. The normalized spacial score (nSPS) is 11.6. The number of amides is 2. The summed E-state index contributed by atoms with van der Waals surface area (Å²) in [5.41, 5.74) is 3.44. The molecule has 194 valence electrons. The molecule has 0 aliphatic carbocycles. The maximum absolute atomic E-state index is 13.8. The molecule has 0 bridgehead atoms. The predicted molar refractivity (Wildman–Crippen MR) is 154 cm³/mol. The van der Waals surface area contributed by atoms with Gasteiger partial charge in [0.25, 0.3) is 0 Å². The molecule has 0 fully saturated rings. The Labute approximate surface area is 238 Å². The Morgan fingerprint density at radius 3 is 1.89 bits per heavy atom. The van der Waals surface area contributed by atoms with Crippen molar-refractivity contribution in [2.75, 3.05) is 0 Å². The van der Waals surface area contributed by atoms with Crippen LogP contribution in [0.25, 0.3) is 0 Å². The highest BCUT2D eigenvalue weighted by Gasteiger charge is 2.30. The highest BCUT2D eigenvalue weighted by atomic mass is 35.5. The number of halogens is 3. The van der Waals surface area contributed by atoms with Gasteiger partial charge in [-0.05, 0) is 52.6 Å². The first-order chi connectivity index (χ1) is 18.4. The largest absolute Gasteiger partial charge is 0.350 e. The fourth-order valence-corrected chi connectivity index (χ4v) is 4.62. The molecule has 0 radical (unpaired) electrons. The number of carbonyl (C=O) groups is 2. The van der Waals surface area contributed by atoms with Gasteiger partial charge in [0, 0.05) is 34.6 Å². The van der Waals surface area contributed by atoms with Crippen LogP contribution in [0, 0.1) is 0 Å². The Morgan fingerprint density at radius 1 is 0.684 bits per heavy atom. The summed E-state index contributed by atoms with van der Waals surface area (Å²) in [5.74, 6) is -0.428. The SMILES string of the molecule is O=C(NCc1ccccc1Cl)[C@H](Cc1ccccc1)N(Cc1ccc(Cl)cc1)C(=O)Cc1ccc(Cl)cc1. The molecule has 4 rings (SSSR count). The zero-order valence-electron chi connectivity index (χ0n) is 20.6. The summed E-state index contributed by atoms with van der Waals surface area (Å²) in [5, 5.41) is 4.78. The van der Waals surface area contributed by atoms with Crippen molar-refractivity contribution in [2.24, 2.45) is 0 Å². The van der Waals surface area contributed by atoms with Crippen molar-refractivity contribution in [3.05, 3.63) is 140 Å². The lowest BCUT2D eigenvalue weighted by Crippen LogP contribution is -2.50. The van der Waals surface area contributed by atoms with Gasteiger partial charge >= 0.3 is 0 Å². The van der Waals surface area contributed by atoms with Crippen LogP contribution in [0.4, 0.5) is 0 Å². The minimum absolute atomic E-state index is 0.133. The fourth-order valence-electron chi connectivity index (χ4n) is 4.16. The van der Waals surface area contributed by atoms with Crippen LogP contribution in [0.15, 0.2) is 103 Å². The van der Waals surface area contributed by atoms with Crippen LogP contribution in [0.2, 0.25) is 15.1 Å². The van der Waals surface area contributed by atoms with Gasteiger partial charge in [-0.15, -0.1) is 0 Å². The van der Waals surface area contributed by atoms with Crippen LogP contribution < -0.4 is 5.32 Å². The average molecular weight is 566 g/mol. The first-order valence-electron chi connectivity index (χ1n) is 12.2. The van der Waals surface area contributed by atoms with Crippen LogP contribution in [0.3, 0.4) is 0 Å². The number of nitrogens with zero attached hydrogens (tertiary/aromatic N) is 1. The van der Waals surface area contributed by atoms with Crippen molar-refractivity contribution < 1.29 is 9.59 Å². The Kier molecular flexibility index (Phi) is 9.83. The van der Waals surface area contributed by atoms with E-state index in [9.17, 15) is 9.59 Å². The van der Waals surface area contributed by atoms with Crippen molar-refractivity contribution in [3.8, 4) is 0 Å². The molecule has 0 saturated heterocycles. The summed E-state index contributed by atoms with van der Waals surface area (Å²) in [4.78, 5) is 29.2. The lowest BCUT2D eigenvalue weighted by molar-refractivity contribution is -0.140. The third-order valence-corrected chi connectivity index (χ3v) is 7.09. The number of hydrogen-bond acceptors (Lipinski definition) is 2. The lowest BCUT2D eigenvalue weighted by atomic mass is 10.0. The van der Waals surface area contributed by atoms with Crippen molar-refractivity contribution in [1.82, 2.24) is 10.2 Å². The maximum atomic E-state index is 13.8. The van der Waals surface area contributed by atoms with Crippen LogP contribution in [-0.2, 0) is 35.5 Å². The molecule has 2 amide bonds. The Morgan fingerprint density at radius 2 is 1.26 bits per heavy atom. The average Bonchev–Trinajstić information content (AvgIpc) is 2.93. The van der Waals surface area contributed by atoms with Crippen molar-refractivity contribution in [1.29, 1.82) is 0 Å². The minimum atomic E-state index is -0.754. The predicted octanol–water partition coefficient (Wildman–Crippen LogP) is 7.15. The number of rotatable bonds is 10. The Bertz CT molecular complexity index is 1360. The van der Waals surface area contributed by atoms with Crippen molar-refractivity contribution in [2.45, 2.75) is 32.0 Å². The second-order valence-corrected chi connectivity index (χ2v) is 10.2. The van der Waals surface area contributed by atoms with E-state index in [-0.39, 0.29) is 31.3 Å². The highest BCUT2D eigenvalue weighted by molar-refractivity contribution is 6.31. The van der Waals surface area contributed by atoms with E-state index in [0.717, 1.165) is 22.3 Å². The molecule has 38 heavy (non-hydrogen) atoms. The van der Waals surface area contributed by atoms with Gasteiger partial charge in [0.15, 0.2) is 0 Å². The summed E-state index contributed by atoms with van der Waals surface area (Å²) in [6.07, 6.45) is 0.489. The second-order valence-electron chi connectivity index (χ2n) is 8.97. The van der Waals surface area contributed by atoms with Gasteiger partial charge in [-0.2, -0.15) is 0 Å². The molecule has 0 saturated carbocycles. The molecular weight excluding hydrogens is 539 g/mol. The third-order valence-electron chi connectivity index (χ3n) is 6.22. The van der Waals surface area contributed by atoms with E-state index in [1.807, 2.05) is 72.8 Å². The molecule has 7 heteroatoms. The second kappa shape index (κ2) is 13.5. The van der Waals surface area contributed by atoms with Gasteiger partial charge in [0.1, 0.15) is 6.04 Å². The highest BCUT2D eigenvalue weighted by Crippen LogP contribution is 2.20. The van der Waals surface area contributed by atoms with Gasteiger partial charge in [-0.3, -0.25) is 9.59 Å². The van der Waals surface area contributed by atoms with Gasteiger partial charge in [-0.1, -0.05) is 108 Å². The van der Waals surface area contributed by atoms with Crippen LogP contribution in [0.5, 0.6) is 0 Å². The summed E-state index contributed by atoms with van der Waals surface area (Å²) >= 11 is 18.5. The van der Waals surface area contributed by atoms with Crippen LogP contribution in [-0.4, -0.2) is 22.8 Å². The van der Waals surface area contributed by atoms with E-state index in [1.165, 1.54) is 0 Å². The van der Waals surface area contributed by atoms with Crippen LogP contribution >= 0.6 is 34.8 Å².